The summed E-state index contributed by atoms with van der Waals surface area (Å²) >= 11 is 0. The molecule has 1 heterocycles. The Labute approximate surface area is 160 Å². The molecule has 0 aliphatic carbocycles. The van der Waals surface area contributed by atoms with Crippen molar-refractivity contribution in [2.24, 2.45) is 0 Å². The first-order valence-corrected chi connectivity index (χ1v) is 8.03. The molecule has 134 valence electrons. The Bertz CT molecular complexity index is 1080. The zero-order chi connectivity index (χ0) is 20.1. The molecule has 0 aliphatic heterocycles. The summed E-state index contributed by atoms with van der Waals surface area (Å²) in [7, 11) is 0. The van der Waals surface area contributed by atoms with E-state index in [0.717, 1.165) is 4.90 Å². The van der Waals surface area contributed by atoms with Gasteiger partial charge in [-0.3, -0.25) is 9.59 Å². The Hall–Kier alpha value is -4.56. The maximum atomic E-state index is 13.1. The maximum Gasteiger partial charge on any atom is 0.266 e. The van der Waals surface area contributed by atoms with Gasteiger partial charge in [-0.2, -0.15) is 10.5 Å². The van der Waals surface area contributed by atoms with Crippen molar-refractivity contribution in [1.82, 2.24) is 9.97 Å². The number of nitriles is 2. The lowest BCUT2D eigenvalue weighted by Crippen LogP contribution is -2.38. The van der Waals surface area contributed by atoms with Gasteiger partial charge in [0, 0.05) is 11.1 Å². The lowest BCUT2D eigenvalue weighted by molar-refractivity contribution is 0.0896. The number of amides is 2. The molecule has 0 saturated heterocycles. The largest absolute Gasteiger partial charge is 0.381 e. The zero-order valence-corrected chi connectivity index (χ0v) is 14.4. The van der Waals surface area contributed by atoms with Crippen LogP contribution in [0.15, 0.2) is 60.7 Å². The average Bonchev–Trinajstić information content (AvgIpc) is 2.75. The molecule has 8 nitrogen and oxygen atoms in total. The van der Waals surface area contributed by atoms with Gasteiger partial charge in [-0.05, 0) is 24.3 Å². The van der Waals surface area contributed by atoms with Crippen molar-refractivity contribution in [2.45, 2.75) is 0 Å². The molecular weight excluding hydrogens is 356 g/mol. The Morgan fingerprint density at radius 2 is 1.25 bits per heavy atom. The summed E-state index contributed by atoms with van der Waals surface area (Å²) in [5, 5.41) is 18.6. The van der Waals surface area contributed by atoms with E-state index >= 15 is 0 Å². The normalized spacial score (nSPS) is 9.79. The number of rotatable bonds is 3. The highest BCUT2D eigenvalue weighted by Gasteiger charge is 2.31. The first kappa shape index (κ1) is 18.2. The first-order valence-electron chi connectivity index (χ1n) is 8.03. The molecule has 0 aliphatic rings. The predicted octanol–water partition coefficient (Wildman–Crippen LogP) is 2.29. The van der Waals surface area contributed by atoms with Crippen LogP contribution >= 0.6 is 0 Å². The minimum Gasteiger partial charge on any atom is -0.381 e. The lowest BCUT2D eigenvalue weighted by Gasteiger charge is -2.21. The van der Waals surface area contributed by atoms with Crippen molar-refractivity contribution in [3.8, 4) is 12.1 Å². The van der Waals surface area contributed by atoms with Crippen LogP contribution in [0, 0.1) is 22.7 Å². The summed E-state index contributed by atoms with van der Waals surface area (Å²) in [6, 6.07) is 19.6. The number of nitrogens with zero attached hydrogens (tertiary/aromatic N) is 5. The summed E-state index contributed by atoms with van der Waals surface area (Å²) in [5.74, 6) is -2.04. The molecule has 0 spiro atoms. The van der Waals surface area contributed by atoms with Crippen molar-refractivity contribution in [2.75, 3.05) is 10.6 Å². The molecule has 28 heavy (non-hydrogen) atoms. The second-order valence-electron chi connectivity index (χ2n) is 5.53. The molecule has 3 aromatic rings. The smallest absolute Gasteiger partial charge is 0.266 e. The Morgan fingerprint density at radius 3 is 1.68 bits per heavy atom. The number of carbonyl (C=O) groups is 2. The van der Waals surface area contributed by atoms with E-state index < -0.39 is 11.8 Å². The molecule has 0 fully saturated rings. The molecule has 2 N–H and O–H groups in total. The average molecular weight is 368 g/mol. The Balaban J connectivity index is 2.23. The van der Waals surface area contributed by atoms with Crippen LogP contribution in [0.4, 0.5) is 11.6 Å². The molecule has 2 aromatic carbocycles. The quantitative estimate of drug-likeness (QED) is 0.700. The summed E-state index contributed by atoms with van der Waals surface area (Å²) in [6.45, 7) is 0. The van der Waals surface area contributed by atoms with Crippen LogP contribution in [0.2, 0.25) is 0 Å². The molecule has 1 aromatic heterocycles. The molecule has 0 bridgehead atoms. The molecule has 8 heteroatoms. The van der Waals surface area contributed by atoms with Gasteiger partial charge < -0.3 is 5.73 Å². The minimum atomic E-state index is -0.714. The Morgan fingerprint density at radius 1 is 0.786 bits per heavy atom. The lowest BCUT2D eigenvalue weighted by atomic mass is 10.1. The van der Waals surface area contributed by atoms with Gasteiger partial charge in [0.25, 0.3) is 11.8 Å². The van der Waals surface area contributed by atoms with Crippen molar-refractivity contribution >= 4 is 23.5 Å². The second-order valence-corrected chi connectivity index (χ2v) is 5.53. The van der Waals surface area contributed by atoms with E-state index in [4.69, 9.17) is 5.73 Å². The number of imide groups is 1. The molecule has 0 radical (unpaired) electrons. The monoisotopic (exact) mass is 368 g/mol. The third-order valence-electron chi connectivity index (χ3n) is 3.78. The van der Waals surface area contributed by atoms with Gasteiger partial charge in [0.05, 0.1) is 0 Å². The topological polar surface area (TPSA) is 137 Å². The third-order valence-corrected chi connectivity index (χ3v) is 3.78. The Kier molecular flexibility index (Phi) is 5.06. The SMILES string of the molecule is N#Cc1nc(N(C(=O)c2ccccc2)C(=O)c2ccccc2)c(C#N)nc1N. The minimum absolute atomic E-state index is 0.202. The van der Waals surface area contributed by atoms with E-state index in [1.54, 1.807) is 48.5 Å². The van der Waals surface area contributed by atoms with Crippen molar-refractivity contribution < 1.29 is 9.59 Å². The highest BCUT2D eigenvalue weighted by atomic mass is 16.2. The molecular formula is C20H12N6O2. The molecule has 3 rings (SSSR count). The number of nitrogen functional groups attached to an aromatic ring is 1. The number of nitrogens with two attached hydrogens (primary N) is 1. The fourth-order valence-corrected chi connectivity index (χ4v) is 2.46. The van der Waals surface area contributed by atoms with E-state index in [-0.39, 0.29) is 34.2 Å². The predicted molar refractivity (Wildman–Crippen MR) is 99.9 cm³/mol. The number of benzene rings is 2. The fraction of sp³-hybridized carbons (Fsp3) is 0. The number of hydrogen-bond donors (Lipinski definition) is 1. The highest BCUT2D eigenvalue weighted by Crippen LogP contribution is 2.23. The standard InChI is InChI=1S/C20H12N6O2/c21-11-15-17(23)24-16(12-22)18(25-15)26(19(27)13-7-3-1-4-8-13)20(28)14-9-5-2-6-10-14/h1-10H,(H2,23,24). The van der Waals surface area contributed by atoms with E-state index in [2.05, 4.69) is 9.97 Å². The molecule has 2 amide bonds. The van der Waals surface area contributed by atoms with Crippen LogP contribution < -0.4 is 10.6 Å². The van der Waals surface area contributed by atoms with Crippen molar-refractivity contribution in [1.29, 1.82) is 10.5 Å². The van der Waals surface area contributed by atoms with E-state index in [0.29, 0.717) is 0 Å². The van der Waals surface area contributed by atoms with Crippen LogP contribution in [-0.2, 0) is 0 Å². The molecule has 0 atom stereocenters. The van der Waals surface area contributed by atoms with Gasteiger partial charge in [-0.1, -0.05) is 36.4 Å². The molecule has 0 unspecified atom stereocenters. The van der Waals surface area contributed by atoms with Crippen LogP contribution in [0.1, 0.15) is 32.1 Å². The fourth-order valence-electron chi connectivity index (χ4n) is 2.46. The summed E-state index contributed by atoms with van der Waals surface area (Å²) in [6.07, 6.45) is 0. The first-order chi connectivity index (χ1) is 13.6. The van der Waals surface area contributed by atoms with E-state index in [1.165, 1.54) is 24.3 Å². The van der Waals surface area contributed by atoms with E-state index in [1.807, 2.05) is 0 Å². The zero-order valence-electron chi connectivity index (χ0n) is 14.4. The van der Waals surface area contributed by atoms with E-state index in [9.17, 15) is 20.1 Å². The van der Waals surface area contributed by atoms with Crippen LogP contribution in [0.25, 0.3) is 0 Å². The van der Waals surface area contributed by atoms with Crippen LogP contribution in [0.3, 0.4) is 0 Å². The number of carbonyl (C=O) groups excluding carboxylic acids is 2. The van der Waals surface area contributed by atoms with Crippen molar-refractivity contribution in [3.05, 3.63) is 83.2 Å². The molecule has 0 saturated carbocycles. The summed E-state index contributed by atoms with van der Waals surface area (Å²) < 4.78 is 0. The van der Waals surface area contributed by atoms with Crippen LogP contribution in [-0.4, -0.2) is 21.8 Å². The van der Waals surface area contributed by atoms with Gasteiger partial charge in [0.15, 0.2) is 23.0 Å². The van der Waals surface area contributed by atoms with Gasteiger partial charge >= 0.3 is 0 Å². The summed E-state index contributed by atoms with van der Waals surface area (Å²) in [4.78, 5) is 34.8. The number of aromatic nitrogens is 2. The maximum absolute atomic E-state index is 13.1. The summed E-state index contributed by atoms with van der Waals surface area (Å²) in [5.41, 5.74) is 5.39. The van der Waals surface area contributed by atoms with Crippen molar-refractivity contribution in [3.63, 3.8) is 0 Å². The second kappa shape index (κ2) is 7.77. The van der Waals surface area contributed by atoms with Gasteiger partial charge in [0.1, 0.15) is 12.1 Å². The third kappa shape index (κ3) is 3.39. The van der Waals surface area contributed by atoms with Crippen LogP contribution in [0.5, 0.6) is 0 Å². The highest BCUT2D eigenvalue weighted by molar-refractivity contribution is 6.25. The van der Waals surface area contributed by atoms with Gasteiger partial charge in [-0.25, -0.2) is 14.9 Å². The van der Waals surface area contributed by atoms with Gasteiger partial charge in [-0.15, -0.1) is 0 Å². The van der Waals surface area contributed by atoms with Gasteiger partial charge in [0.2, 0.25) is 0 Å². The number of hydrogen-bond acceptors (Lipinski definition) is 7. The number of anilines is 2.